The first-order valence-corrected chi connectivity index (χ1v) is 4.33. The highest BCUT2D eigenvalue weighted by atomic mass is 19.2. The van der Waals surface area contributed by atoms with Crippen LogP contribution in [0.4, 0.5) is 4.48 Å². The SMILES string of the molecule is CC(=O)N1CCN(F)CC12CC2. The fraction of sp³-hybridized carbons (Fsp3) is 0.875. The molecule has 0 atom stereocenters. The molecule has 1 aliphatic carbocycles. The molecule has 2 aliphatic rings. The molecule has 1 amide bonds. The Balaban J connectivity index is 2.10. The van der Waals surface area contributed by atoms with Crippen molar-refractivity contribution < 1.29 is 9.28 Å². The molecule has 0 N–H and O–H groups in total. The molecule has 1 saturated heterocycles. The maximum atomic E-state index is 12.9. The largest absolute Gasteiger partial charge is 0.334 e. The van der Waals surface area contributed by atoms with Gasteiger partial charge < -0.3 is 4.90 Å². The molecule has 12 heavy (non-hydrogen) atoms. The molecule has 1 saturated carbocycles. The second-order valence-electron chi connectivity index (χ2n) is 3.74. The summed E-state index contributed by atoms with van der Waals surface area (Å²) < 4.78 is 12.9. The summed E-state index contributed by atoms with van der Waals surface area (Å²) in [6, 6.07) is 0. The van der Waals surface area contributed by atoms with Crippen LogP contribution in [0.15, 0.2) is 0 Å². The number of nitrogens with zero attached hydrogens (tertiary/aromatic N) is 2. The number of carbonyl (C=O) groups is 1. The van der Waals surface area contributed by atoms with E-state index in [0.29, 0.717) is 19.6 Å². The molecule has 0 bridgehead atoms. The van der Waals surface area contributed by atoms with Crippen molar-refractivity contribution >= 4 is 5.91 Å². The van der Waals surface area contributed by atoms with Crippen LogP contribution in [0.2, 0.25) is 0 Å². The second-order valence-corrected chi connectivity index (χ2v) is 3.74. The third-order valence-corrected chi connectivity index (χ3v) is 2.81. The summed E-state index contributed by atoms with van der Waals surface area (Å²) in [6.07, 6.45) is 1.93. The number of carbonyl (C=O) groups excluding carboxylic acids is 1. The van der Waals surface area contributed by atoms with Crippen molar-refractivity contribution in [3.63, 3.8) is 0 Å². The quantitative estimate of drug-likeness (QED) is 0.499. The summed E-state index contributed by atoms with van der Waals surface area (Å²) in [4.78, 5) is 13.0. The summed E-state index contributed by atoms with van der Waals surface area (Å²) in [5, 5.41) is 0.826. The Kier molecular flexibility index (Phi) is 1.61. The fourth-order valence-electron chi connectivity index (χ4n) is 1.99. The van der Waals surface area contributed by atoms with E-state index in [9.17, 15) is 9.28 Å². The van der Waals surface area contributed by atoms with Crippen LogP contribution in [0, 0.1) is 0 Å². The summed E-state index contributed by atoms with van der Waals surface area (Å²) >= 11 is 0. The van der Waals surface area contributed by atoms with Gasteiger partial charge in [0.1, 0.15) is 0 Å². The molecule has 4 heteroatoms. The van der Waals surface area contributed by atoms with Gasteiger partial charge >= 0.3 is 0 Å². The molecule has 0 unspecified atom stereocenters. The van der Waals surface area contributed by atoms with Crippen LogP contribution in [0.5, 0.6) is 0 Å². The highest BCUT2D eigenvalue weighted by molar-refractivity contribution is 5.75. The van der Waals surface area contributed by atoms with Crippen LogP contribution < -0.4 is 0 Å². The van der Waals surface area contributed by atoms with E-state index in [-0.39, 0.29) is 11.4 Å². The summed E-state index contributed by atoms with van der Waals surface area (Å²) in [5.74, 6) is 0.0839. The first-order valence-electron chi connectivity index (χ1n) is 4.33. The monoisotopic (exact) mass is 172 g/mol. The number of amides is 1. The molecule has 0 aromatic rings. The van der Waals surface area contributed by atoms with Crippen molar-refractivity contribution in [3.8, 4) is 0 Å². The van der Waals surface area contributed by atoms with Crippen LogP contribution >= 0.6 is 0 Å². The first-order chi connectivity index (χ1) is 5.64. The van der Waals surface area contributed by atoms with Gasteiger partial charge in [0.15, 0.2) is 0 Å². The lowest BCUT2D eigenvalue weighted by Gasteiger charge is -2.37. The zero-order valence-corrected chi connectivity index (χ0v) is 7.22. The number of hydrogen-bond acceptors (Lipinski definition) is 2. The third-order valence-electron chi connectivity index (χ3n) is 2.81. The van der Waals surface area contributed by atoms with Crippen LogP contribution in [0.3, 0.4) is 0 Å². The Morgan fingerprint density at radius 3 is 2.58 bits per heavy atom. The van der Waals surface area contributed by atoms with Crippen LogP contribution in [0.1, 0.15) is 19.8 Å². The van der Waals surface area contributed by atoms with E-state index < -0.39 is 0 Å². The summed E-state index contributed by atoms with van der Waals surface area (Å²) in [6.45, 7) is 2.88. The molecule has 2 rings (SSSR count). The molecule has 1 heterocycles. The zero-order chi connectivity index (χ0) is 8.77. The van der Waals surface area contributed by atoms with Crippen LogP contribution in [-0.4, -0.2) is 41.1 Å². The molecule has 1 aliphatic heterocycles. The molecule has 3 nitrogen and oxygen atoms in total. The van der Waals surface area contributed by atoms with Gasteiger partial charge in [0.25, 0.3) is 0 Å². The van der Waals surface area contributed by atoms with Gasteiger partial charge in [-0.15, -0.1) is 9.60 Å². The maximum Gasteiger partial charge on any atom is 0.219 e. The van der Waals surface area contributed by atoms with Crippen LogP contribution in [-0.2, 0) is 4.79 Å². The van der Waals surface area contributed by atoms with Gasteiger partial charge in [-0.05, 0) is 12.8 Å². The van der Waals surface area contributed by atoms with E-state index in [1.165, 1.54) is 0 Å². The highest BCUT2D eigenvalue weighted by Gasteiger charge is 2.52. The first kappa shape index (κ1) is 7.98. The lowest BCUT2D eigenvalue weighted by atomic mass is 10.1. The number of halogens is 1. The van der Waals surface area contributed by atoms with Crippen molar-refractivity contribution in [1.82, 2.24) is 10.0 Å². The fourth-order valence-corrected chi connectivity index (χ4v) is 1.99. The van der Waals surface area contributed by atoms with Gasteiger partial charge in [0.2, 0.25) is 5.91 Å². The second kappa shape index (κ2) is 2.42. The predicted molar refractivity (Wildman–Crippen MR) is 42.0 cm³/mol. The smallest absolute Gasteiger partial charge is 0.219 e. The van der Waals surface area contributed by atoms with Gasteiger partial charge in [0, 0.05) is 20.0 Å². The topological polar surface area (TPSA) is 23.6 Å². The number of rotatable bonds is 0. The molecule has 68 valence electrons. The molecule has 0 radical (unpaired) electrons. The average molecular weight is 172 g/mol. The standard InChI is InChI=1S/C8H13FN2O/c1-7(12)11-5-4-10(9)6-8(11)2-3-8/h2-6H2,1H3. The highest BCUT2D eigenvalue weighted by Crippen LogP contribution is 2.44. The molecule has 0 aromatic carbocycles. The summed E-state index contributed by atoms with van der Waals surface area (Å²) in [5.41, 5.74) is -0.126. The van der Waals surface area contributed by atoms with Crippen molar-refractivity contribution in [2.24, 2.45) is 0 Å². The minimum Gasteiger partial charge on any atom is -0.334 e. The minimum atomic E-state index is -0.126. The molecule has 2 fully saturated rings. The van der Waals surface area contributed by atoms with Gasteiger partial charge in [-0.25, -0.2) is 0 Å². The van der Waals surface area contributed by atoms with E-state index in [4.69, 9.17) is 0 Å². The van der Waals surface area contributed by atoms with E-state index in [2.05, 4.69) is 0 Å². The van der Waals surface area contributed by atoms with E-state index in [1.807, 2.05) is 4.90 Å². The van der Waals surface area contributed by atoms with Crippen molar-refractivity contribution in [2.45, 2.75) is 25.3 Å². The van der Waals surface area contributed by atoms with E-state index >= 15 is 0 Å². The Morgan fingerprint density at radius 2 is 2.08 bits per heavy atom. The lowest BCUT2D eigenvalue weighted by Crippen LogP contribution is -2.54. The van der Waals surface area contributed by atoms with Gasteiger partial charge in [-0.2, -0.15) is 0 Å². The van der Waals surface area contributed by atoms with Crippen molar-refractivity contribution in [1.29, 1.82) is 0 Å². The van der Waals surface area contributed by atoms with Crippen molar-refractivity contribution in [2.75, 3.05) is 19.6 Å². The average Bonchev–Trinajstić information content (AvgIpc) is 2.68. The normalized spacial score (nSPS) is 27.7. The van der Waals surface area contributed by atoms with Gasteiger partial charge in [-0.3, -0.25) is 4.79 Å². The predicted octanol–water partition coefficient (Wildman–Crippen LogP) is 0.568. The number of hydrogen-bond donors (Lipinski definition) is 0. The molecular weight excluding hydrogens is 159 g/mol. The maximum absolute atomic E-state index is 12.9. The van der Waals surface area contributed by atoms with Crippen LogP contribution in [0.25, 0.3) is 0 Å². The van der Waals surface area contributed by atoms with Crippen molar-refractivity contribution in [3.05, 3.63) is 0 Å². The molecule has 0 aromatic heterocycles. The van der Waals surface area contributed by atoms with E-state index in [1.54, 1.807) is 6.92 Å². The minimum absolute atomic E-state index is 0.0839. The molecular formula is C8H13FN2O. The van der Waals surface area contributed by atoms with Gasteiger partial charge in [0.05, 0.1) is 12.1 Å². The molecule has 1 spiro atoms. The van der Waals surface area contributed by atoms with Gasteiger partial charge in [-0.1, -0.05) is 0 Å². The zero-order valence-electron chi connectivity index (χ0n) is 7.22. The summed E-state index contributed by atoms with van der Waals surface area (Å²) in [7, 11) is 0. The lowest BCUT2D eigenvalue weighted by molar-refractivity contribution is -0.140. The van der Waals surface area contributed by atoms with E-state index in [0.717, 1.165) is 18.0 Å². The Labute approximate surface area is 71.1 Å². The Hall–Kier alpha value is -0.640. The third kappa shape index (κ3) is 1.10. The Morgan fingerprint density at radius 1 is 1.42 bits per heavy atom. The Bertz CT molecular complexity index is 215. The number of piperazine rings is 1.